The molecule has 1 heterocycles. The first-order valence-corrected chi connectivity index (χ1v) is 6.83. The minimum absolute atomic E-state index is 0.170. The predicted molar refractivity (Wildman–Crippen MR) is 66.8 cm³/mol. The molecule has 1 saturated heterocycles. The number of ether oxygens (including phenoxy) is 1. The van der Waals surface area contributed by atoms with Gasteiger partial charge >= 0.3 is 0 Å². The van der Waals surface area contributed by atoms with Gasteiger partial charge in [0.05, 0.1) is 12.0 Å². The van der Waals surface area contributed by atoms with E-state index in [0.717, 1.165) is 38.5 Å². The Kier molecular flexibility index (Phi) is 4.40. The van der Waals surface area contributed by atoms with Crippen molar-refractivity contribution in [3.05, 3.63) is 0 Å². The number of carbonyl (C=O) groups is 1. The van der Waals surface area contributed by atoms with E-state index in [1.807, 2.05) is 0 Å². The Morgan fingerprint density at radius 3 is 2.94 bits per heavy atom. The highest BCUT2D eigenvalue weighted by Crippen LogP contribution is 2.29. The van der Waals surface area contributed by atoms with Gasteiger partial charge in [-0.3, -0.25) is 4.79 Å². The molecule has 0 aromatic carbocycles. The van der Waals surface area contributed by atoms with E-state index in [0.29, 0.717) is 13.2 Å². The maximum atomic E-state index is 12.1. The molecule has 2 rings (SSSR count). The SMILES string of the molecule is CCC1(C(=O)NCCOCC2CC2)CCNC1. The predicted octanol–water partition coefficient (Wildman–Crippen LogP) is 0.919. The quantitative estimate of drug-likeness (QED) is 0.651. The first kappa shape index (κ1) is 12.8. The minimum Gasteiger partial charge on any atom is -0.379 e. The molecule has 0 aromatic rings. The van der Waals surface area contributed by atoms with Gasteiger partial charge in [-0.2, -0.15) is 0 Å². The van der Waals surface area contributed by atoms with Crippen molar-refractivity contribution in [3.63, 3.8) is 0 Å². The molecule has 0 aromatic heterocycles. The summed E-state index contributed by atoms with van der Waals surface area (Å²) >= 11 is 0. The van der Waals surface area contributed by atoms with Crippen LogP contribution in [0.5, 0.6) is 0 Å². The number of nitrogens with one attached hydrogen (secondary N) is 2. The van der Waals surface area contributed by atoms with Gasteiger partial charge in [0.25, 0.3) is 0 Å². The van der Waals surface area contributed by atoms with E-state index in [-0.39, 0.29) is 11.3 Å². The van der Waals surface area contributed by atoms with Crippen molar-refractivity contribution in [2.24, 2.45) is 11.3 Å². The van der Waals surface area contributed by atoms with Gasteiger partial charge in [0.2, 0.25) is 5.91 Å². The largest absolute Gasteiger partial charge is 0.379 e. The van der Waals surface area contributed by atoms with Crippen LogP contribution < -0.4 is 10.6 Å². The molecule has 2 fully saturated rings. The molecule has 4 heteroatoms. The van der Waals surface area contributed by atoms with Crippen molar-refractivity contribution in [2.75, 3.05) is 32.8 Å². The summed E-state index contributed by atoms with van der Waals surface area (Å²) in [6, 6.07) is 0. The van der Waals surface area contributed by atoms with E-state index in [4.69, 9.17) is 4.74 Å². The Bertz CT molecular complexity index is 258. The van der Waals surface area contributed by atoms with Crippen molar-refractivity contribution < 1.29 is 9.53 Å². The molecule has 2 N–H and O–H groups in total. The average Bonchev–Trinajstić information content (AvgIpc) is 3.04. The molecule has 1 aliphatic heterocycles. The molecule has 1 aliphatic carbocycles. The van der Waals surface area contributed by atoms with Crippen LogP contribution in [0.1, 0.15) is 32.6 Å². The molecular weight excluding hydrogens is 216 g/mol. The highest BCUT2D eigenvalue weighted by atomic mass is 16.5. The fourth-order valence-electron chi connectivity index (χ4n) is 2.36. The van der Waals surface area contributed by atoms with Crippen LogP contribution in [0, 0.1) is 11.3 Å². The van der Waals surface area contributed by atoms with E-state index in [9.17, 15) is 4.79 Å². The third-order valence-electron chi connectivity index (χ3n) is 3.98. The molecule has 2 aliphatic rings. The lowest BCUT2D eigenvalue weighted by Crippen LogP contribution is -2.43. The second-order valence-corrected chi connectivity index (χ2v) is 5.33. The van der Waals surface area contributed by atoms with E-state index >= 15 is 0 Å². The Balaban J connectivity index is 1.61. The maximum absolute atomic E-state index is 12.1. The molecule has 17 heavy (non-hydrogen) atoms. The maximum Gasteiger partial charge on any atom is 0.227 e. The fraction of sp³-hybridized carbons (Fsp3) is 0.923. The summed E-state index contributed by atoms with van der Waals surface area (Å²) in [6.45, 7) is 6.03. The van der Waals surface area contributed by atoms with Crippen LogP contribution in [0.25, 0.3) is 0 Å². The van der Waals surface area contributed by atoms with Gasteiger partial charge in [0.1, 0.15) is 0 Å². The number of hydrogen-bond donors (Lipinski definition) is 2. The zero-order valence-electron chi connectivity index (χ0n) is 10.8. The lowest BCUT2D eigenvalue weighted by molar-refractivity contribution is -0.130. The van der Waals surface area contributed by atoms with Gasteiger partial charge in [0, 0.05) is 19.7 Å². The molecule has 0 spiro atoms. The Hall–Kier alpha value is -0.610. The zero-order chi connectivity index (χ0) is 12.1. The number of carbonyl (C=O) groups excluding carboxylic acids is 1. The van der Waals surface area contributed by atoms with Gasteiger partial charge < -0.3 is 15.4 Å². The summed E-state index contributed by atoms with van der Waals surface area (Å²) in [7, 11) is 0. The fourth-order valence-corrected chi connectivity index (χ4v) is 2.36. The standard InChI is InChI=1S/C13H24N2O2/c1-2-13(5-6-14-10-13)12(16)15-7-8-17-9-11-3-4-11/h11,14H,2-10H2,1H3,(H,15,16). The molecule has 1 atom stereocenters. The molecular formula is C13H24N2O2. The minimum atomic E-state index is -0.170. The Labute approximate surface area is 103 Å². The van der Waals surface area contributed by atoms with Crippen LogP contribution in [-0.2, 0) is 9.53 Å². The zero-order valence-corrected chi connectivity index (χ0v) is 10.8. The van der Waals surface area contributed by atoms with Crippen LogP contribution in [-0.4, -0.2) is 38.8 Å². The highest BCUT2D eigenvalue weighted by molar-refractivity contribution is 5.83. The summed E-state index contributed by atoms with van der Waals surface area (Å²) < 4.78 is 5.51. The molecule has 4 nitrogen and oxygen atoms in total. The third-order valence-corrected chi connectivity index (χ3v) is 3.98. The average molecular weight is 240 g/mol. The Morgan fingerprint density at radius 2 is 2.35 bits per heavy atom. The number of amides is 1. The second kappa shape index (κ2) is 5.83. The number of hydrogen-bond acceptors (Lipinski definition) is 3. The molecule has 1 unspecified atom stereocenters. The van der Waals surface area contributed by atoms with Crippen LogP contribution in [0.4, 0.5) is 0 Å². The van der Waals surface area contributed by atoms with Gasteiger partial charge in [-0.25, -0.2) is 0 Å². The van der Waals surface area contributed by atoms with Crippen LogP contribution >= 0.6 is 0 Å². The van der Waals surface area contributed by atoms with E-state index in [1.165, 1.54) is 12.8 Å². The molecule has 0 bridgehead atoms. The van der Waals surface area contributed by atoms with Gasteiger partial charge in [-0.05, 0) is 38.1 Å². The summed E-state index contributed by atoms with van der Waals surface area (Å²) in [4.78, 5) is 12.1. The van der Waals surface area contributed by atoms with Crippen molar-refractivity contribution in [1.82, 2.24) is 10.6 Å². The van der Waals surface area contributed by atoms with Gasteiger partial charge in [-0.15, -0.1) is 0 Å². The first-order valence-electron chi connectivity index (χ1n) is 6.83. The van der Waals surface area contributed by atoms with Crippen molar-refractivity contribution in [1.29, 1.82) is 0 Å². The normalized spacial score (nSPS) is 28.3. The van der Waals surface area contributed by atoms with Crippen LogP contribution in [0.15, 0.2) is 0 Å². The molecule has 98 valence electrons. The molecule has 0 radical (unpaired) electrons. The summed E-state index contributed by atoms with van der Waals surface area (Å²) in [5, 5.41) is 6.28. The van der Waals surface area contributed by atoms with E-state index in [2.05, 4.69) is 17.6 Å². The molecule has 1 amide bonds. The Morgan fingerprint density at radius 1 is 1.53 bits per heavy atom. The van der Waals surface area contributed by atoms with Crippen molar-refractivity contribution >= 4 is 5.91 Å². The summed E-state index contributed by atoms with van der Waals surface area (Å²) in [6.07, 6.45) is 4.50. The summed E-state index contributed by atoms with van der Waals surface area (Å²) in [5.41, 5.74) is -0.170. The summed E-state index contributed by atoms with van der Waals surface area (Å²) in [5.74, 6) is 0.992. The van der Waals surface area contributed by atoms with E-state index in [1.54, 1.807) is 0 Å². The topological polar surface area (TPSA) is 50.4 Å². The van der Waals surface area contributed by atoms with Crippen molar-refractivity contribution in [3.8, 4) is 0 Å². The van der Waals surface area contributed by atoms with Gasteiger partial charge in [-0.1, -0.05) is 6.92 Å². The van der Waals surface area contributed by atoms with Crippen LogP contribution in [0.3, 0.4) is 0 Å². The first-order chi connectivity index (χ1) is 8.27. The highest BCUT2D eigenvalue weighted by Gasteiger charge is 2.39. The van der Waals surface area contributed by atoms with E-state index < -0.39 is 0 Å². The van der Waals surface area contributed by atoms with Gasteiger partial charge in [0.15, 0.2) is 0 Å². The smallest absolute Gasteiger partial charge is 0.227 e. The van der Waals surface area contributed by atoms with Crippen molar-refractivity contribution in [2.45, 2.75) is 32.6 Å². The second-order valence-electron chi connectivity index (χ2n) is 5.33. The lowest BCUT2D eigenvalue weighted by atomic mass is 9.83. The third kappa shape index (κ3) is 3.42. The van der Waals surface area contributed by atoms with Crippen LogP contribution in [0.2, 0.25) is 0 Å². The molecule has 1 saturated carbocycles. The lowest BCUT2D eigenvalue weighted by Gasteiger charge is -2.25. The monoisotopic (exact) mass is 240 g/mol. The number of rotatable bonds is 7.